The Hall–Kier alpha value is -2.87. The van der Waals surface area contributed by atoms with E-state index in [9.17, 15) is 9.59 Å². The van der Waals surface area contributed by atoms with Crippen molar-refractivity contribution in [3.8, 4) is 11.5 Å². The number of carbonyl (C=O) groups is 2. The maximum atomic E-state index is 12.5. The van der Waals surface area contributed by atoms with Gasteiger partial charge in [0, 0.05) is 15.1 Å². The quantitative estimate of drug-likeness (QED) is 0.171. The van der Waals surface area contributed by atoms with E-state index in [1.165, 1.54) is 18.3 Å². The van der Waals surface area contributed by atoms with Crippen molar-refractivity contribution in [2.45, 2.75) is 6.92 Å². The number of carbonyl (C=O) groups excluding carboxylic acids is 2. The Morgan fingerprint density at radius 3 is 2.47 bits per heavy atom. The first-order valence-electron chi connectivity index (χ1n) is 9.40. The summed E-state index contributed by atoms with van der Waals surface area (Å²) in [5.74, 6) is -0.423. The maximum absolute atomic E-state index is 12.5. The number of nitrogens with one attached hydrogen (secondary N) is 1. The van der Waals surface area contributed by atoms with E-state index in [1.807, 2.05) is 0 Å². The topological polar surface area (TPSA) is 77.0 Å². The van der Waals surface area contributed by atoms with Crippen LogP contribution in [-0.2, 0) is 0 Å². The van der Waals surface area contributed by atoms with Crippen LogP contribution in [0.25, 0.3) is 0 Å². The molecule has 0 radical (unpaired) electrons. The van der Waals surface area contributed by atoms with Gasteiger partial charge in [-0.25, -0.2) is 10.2 Å². The number of rotatable bonds is 7. The van der Waals surface area contributed by atoms with Crippen LogP contribution in [0, 0.1) is 0 Å². The minimum atomic E-state index is -0.643. The summed E-state index contributed by atoms with van der Waals surface area (Å²) in [6.45, 7) is 2.16. The summed E-state index contributed by atoms with van der Waals surface area (Å²) < 4.78 is 11.9. The monoisotopic (exact) mass is 534 g/mol. The number of benzene rings is 3. The smallest absolute Gasteiger partial charge is 0.345 e. The van der Waals surface area contributed by atoms with Crippen LogP contribution < -0.4 is 14.9 Å². The Balaban J connectivity index is 1.72. The highest BCUT2D eigenvalue weighted by Crippen LogP contribution is 2.30. The van der Waals surface area contributed by atoms with E-state index < -0.39 is 5.97 Å². The molecule has 6 nitrogen and oxygen atoms in total. The third-order valence-electron chi connectivity index (χ3n) is 4.11. The van der Waals surface area contributed by atoms with Gasteiger partial charge in [-0.1, -0.05) is 39.1 Å². The highest BCUT2D eigenvalue weighted by molar-refractivity contribution is 9.10. The number of esters is 1. The molecule has 1 amide bonds. The number of nitrogens with zero attached hydrogens (tertiary/aromatic N) is 1. The highest BCUT2D eigenvalue weighted by Gasteiger charge is 2.16. The second-order valence-electron chi connectivity index (χ2n) is 6.36. The fraction of sp³-hybridized carbons (Fsp3) is 0.0870. The molecule has 0 saturated heterocycles. The molecule has 0 aliphatic heterocycles. The zero-order valence-electron chi connectivity index (χ0n) is 16.8. The van der Waals surface area contributed by atoms with Crippen LogP contribution in [0.1, 0.15) is 33.2 Å². The summed E-state index contributed by atoms with van der Waals surface area (Å²) in [5, 5.41) is 4.57. The van der Waals surface area contributed by atoms with Crippen LogP contribution in [-0.4, -0.2) is 24.7 Å². The Kier molecular flexibility index (Phi) is 8.27. The molecule has 0 saturated carbocycles. The molecule has 0 atom stereocenters. The van der Waals surface area contributed by atoms with Crippen LogP contribution in [0.5, 0.6) is 11.5 Å². The molecule has 0 aliphatic carbocycles. The van der Waals surface area contributed by atoms with E-state index in [4.69, 9.17) is 32.7 Å². The summed E-state index contributed by atoms with van der Waals surface area (Å²) in [7, 11) is 0. The SMILES string of the molecule is CCOc1cc(/C=N\NC(=O)c2ccc(Br)cc2)ccc1OC(=O)c1ccc(Cl)cc1Cl. The molecule has 0 heterocycles. The van der Waals surface area contributed by atoms with Gasteiger partial charge in [0.25, 0.3) is 5.91 Å². The van der Waals surface area contributed by atoms with Gasteiger partial charge in [-0.3, -0.25) is 4.79 Å². The summed E-state index contributed by atoms with van der Waals surface area (Å²) >= 11 is 15.3. The van der Waals surface area contributed by atoms with Crippen molar-refractivity contribution in [2.24, 2.45) is 5.10 Å². The summed E-state index contributed by atoms with van der Waals surface area (Å²) in [6, 6.07) is 16.3. The zero-order valence-corrected chi connectivity index (χ0v) is 19.9. The summed E-state index contributed by atoms with van der Waals surface area (Å²) in [5.41, 5.74) is 3.75. The standard InChI is InChI=1S/C23H17BrCl2N2O4/c1-2-31-21-11-14(13-27-28-22(29)15-4-6-16(24)7-5-15)3-10-20(21)32-23(30)18-9-8-17(25)12-19(18)26/h3-13H,2H2,1H3,(H,28,29)/b27-13-. The molecule has 0 unspecified atom stereocenters. The van der Waals surface area contributed by atoms with Crippen molar-refractivity contribution in [1.82, 2.24) is 5.43 Å². The molecule has 0 aliphatic rings. The Bertz CT molecular complexity index is 1170. The van der Waals surface area contributed by atoms with Gasteiger partial charge in [0.1, 0.15) is 0 Å². The average Bonchev–Trinajstić information content (AvgIpc) is 2.76. The van der Waals surface area contributed by atoms with Crippen molar-refractivity contribution in [3.05, 3.63) is 91.9 Å². The molecule has 3 rings (SSSR count). The van der Waals surface area contributed by atoms with Gasteiger partial charge in [-0.2, -0.15) is 5.10 Å². The molecule has 1 N–H and O–H groups in total. The van der Waals surface area contributed by atoms with Gasteiger partial charge in [-0.15, -0.1) is 0 Å². The Labute approximate surface area is 203 Å². The van der Waals surface area contributed by atoms with Crippen LogP contribution in [0.4, 0.5) is 0 Å². The molecule has 3 aromatic carbocycles. The van der Waals surface area contributed by atoms with Gasteiger partial charge >= 0.3 is 5.97 Å². The van der Waals surface area contributed by atoms with Gasteiger partial charge in [0.2, 0.25) is 0 Å². The fourth-order valence-electron chi connectivity index (χ4n) is 2.60. The fourth-order valence-corrected chi connectivity index (χ4v) is 3.35. The van der Waals surface area contributed by atoms with Crippen molar-refractivity contribution in [1.29, 1.82) is 0 Å². The van der Waals surface area contributed by atoms with Gasteiger partial charge in [-0.05, 0) is 73.2 Å². The van der Waals surface area contributed by atoms with E-state index >= 15 is 0 Å². The maximum Gasteiger partial charge on any atom is 0.345 e. The lowest BCUT2D eigenvalue weighted by atomic mass is 10.2. The number of hydrogen-bond acceptors (Lipinski definition) is 5. The van der Waals surface area contributed by atoms with E-state index in [1.54, 1.807) is 55.5 Å². The number of hydrogen-bond donors (Lipinski definition) is 1. The highest BCUT2D eigenvalue weighted by atomic mass is 79.9. The number of amides is 1. The van der Waals surface area contributed by atoms with Crippen molar-refractivity contribution < 1.29 is 19.1 Å². The molecule has 0 spiro atoms. The normalized spacial score (nSPS) is 10.8. The number of halogens is 3. The Morgan fingerprint density at radius 1 is 1.03 bits per heavy atom. The molecule has 32 heavy (non-hydrogen) atoms. The average molecular weight is 536 g/mol. The number of ether oxygens (including phenoxy) is 2. The van der Waals surface area contributed by atoms with Crippen LogP contribution in [0.15, 0.2) is 70.2 Å². The summed E-state index contributed by atoms with van der Waals surface area (Å²) in [4.78, 5) is 24.6. The van der Waals surface area contributed by atoms with Gasteiger partial charge < -0.3 is 9.47 Å². The van der Waals surface area contributed by atoms with Crippen LogP contribution >= 0.6 is 39.1 Å². The zero-order chi connectivity index (χ0) is 23.1. The first-order chi connectivity index (χ1) is 15.4. The van der Waals surface area contributed by atoms with Crippen LogP contribution in [0.2, 0.25) is 10.0 Å². The second kappa shape index (κ2) is 11.1. The van der Waals surface area contributed by atoms with E-state index in [-0.39, 0.29) is 22.2 Å². The summed E-state index contributed by atoms with van der Waals surface area (Å²) in [6.07, 6.45) is 1.46. The molecule has 0 fully saturated rings. The molecule has 164 valence electrons. The third kappa shape index (κ3) is 6.32. The lowest BCUT2D eigenvalue weighted by molar-refractivity contribution is 0.0728. The van der Waals surface area contributed by atoms with E-state index in [2.05, 4.69) is 26.5 Å². The molecular weight excluding hydrogens is 519 g/mol. The van der Waals surface area contributed by atoms with E-state index in [0.717, 1.165) is 4.47 Å². The minimum Gasteiger partial charge on any atom is -0.490 e. The first-order valence-corrected chi connectivity index (χ1v) is 11.0. The van der Waals surface area contributed by atoms with Crippen molar-refractivity contribution >= 4 is 57.2 Å². The minimum absolute atomic E-state index is 0.180. The lowest BCUT2D eigenvalue weighted by Gasteiger charge is -2.12. The lowest BCUT2D eigenvalue weighted by Crippen LogP contribution is -2.17. The predicted octanol–water partition coefficient (Wildman–Crippen LogP) is 6.14. The molecular formula is C23H17BrCl2N2O4. The first kappa shape index (κ1) is 23.8. The van der Waals surface area contributed by atoms with Gasteiger partial charge in [0.15, 0.2) is 11.5 Å². The Morgan fingerprint density at radius 2 is 1.78 bits per heavy atom. The van der Waals surface area contributed by atoms with Gasteiger partial charge in [0.05, 0.1) is 23.4 Å². The largest absolute Gasteiger partial charge is 0.490 e. The van der Waals surface area contributed by atoms with Crippen LogP contribution in [0.3, 0.4) is 0 Å². The van der Waals surface area contributed by atoms with E-state index in [0.29, 0.717) is 28.5 Å². The third-order valence-corrected chi connectivity index (χ3v) is 5.18. The van der Waals surface area contributed by atoms with Crippen molar-refractivity contribution in [2.75, 3.05) is 6.61 Å². The predicted molar refractivity (Wildman–Crippen MR) is 128 cm³/mol. The molecule has 3 aromatic rings. The molecule has 0 aromatic heterocycles. The molecule has 0 bridgehead atoms. The second-order valence-corrected chi connectivity index (χ2v) is 8.12. The molecule has 9 heteroatoms. The van der Waals surface area contributed by atoms with Crippen molar-refractivity contribution in [3.63, 3.8) is 0 Å². The number of hydrazone groups is 1.